The Hall–Kier alpha value is -1.13. The minimum Gasteiger partial charge on any atom is -0.350 e. The summed E-state index contributed by atoms with van der Waals surface area (Å²) in [6, 6.07) is 4.80. The van der Waals surface area contributed by atoms with Crippen LogP contribution in [0.3, 0.4) is 0 Å². The van der Waals surface area contributed by atoms with E-state index in [-0.39, 0.29) is 24.1 Å². The average Bonchev–Trinajstić information content (AvgIpc) is 2.30. The van der Waals surface area contributed by atoms with Crippen molar-refractivity contribution in [1.82, 2.24) is 5.32 Å². The molecule has 1 amide bonds. The van der Waals surface area contributed by atoms with Crippen LogP contribution in [0.2, 0.25) is 0 Å². The molecule has 0 aliphatic rings. The lowest BCUT2D eigenvalue weighted by atomic mass is 9.96. The molecule has 5 heteroatoms. The van der Waals surface area contributed by atoms with Crippen molar-refractivity contribution < 1.29 is 9.18 Å². The zero-order chi connectivity index (χ0) is 13.8. The first-order chi connectivity index (χ1) is 8.36. The summed E-state index contributed by atoms with van der Waals surface area (Å²) in [7, 11) is 0. The van der Waals surface area contributed by atoms with Crippen LogP contribution < -0.4 is 11.1 Å². The smallest absolute Gasteiger partial charge is 0.240 e. The fourth-order valence-electron chi connectivity index (χ4n) is 1.83. The third-order valence-corrected chi connectivity index (χ3v) is 2.96. The summed E-state index contributed by atoms with van der Waals surface area (Å²) in [6.07, 6.45) is 1.50. The maximum absolute atomic E-state index is 13.1. The van der Waals surface area contributed by atoms with E-state index in [2.05, 4.69) is 5.32 Å². The molecular formula is C14H22ClFN2O. The van der Waals surface area contributed by atoms with Crippen molar-refractivity contribution in [3.63, 3.8) is 0 Å². The first kappa shape index (κ1) is 17.9. The highest BCUT2D eigenvalue weighted by molar-refractivity contribution is 5.85. The molecule has 1 unspecified atom stereocenters. The zero-order valence-electron chi connectivity index (χ0n) is 11.6. The second-order valence-electron chi connectivity index (χ2n) is 4.93. The van der Waals surface area contributed by atoms with E-state index in [0.29, 0.717) is 18.5 Å². The standard InChI is InChI=1S/C14H21FN2O.ClH/c1-4-7-14(3,16)13(18)17-9-11-5-6-12(15)10(2)8-11;/h5-6,8H,4,7,9,16H2,1-3H3,(H,17,18);1H. The van der Waals surface area contributed by atoms with Crippen molar-refractivity contribution in [3.05, 3.63) is 35.1 Å². The molecule has 108 valence electrons. The van der Waals surface area contributed by atoms with E-state index >= 15 is 0 Å². The molecule has 3 nitrogen and oxygen atoms in total. The Morgan fingerprint density at radius 1 is 1.47 bits per heavy atom. The molecule has 0 heterocycles. The third kappa shape index (κ3) is 5.17. The number of rotatable bonds is 5. The fourth-order valence-corrected chi connectivity index (χ4v) is 1.83. The number of nitrogens with two attached hydrogens (primary N) is 1. The highest BCUT2D eigenvalue weighted by Crippen LogP contribution is 2.11. The number of amides is 1. The predicted octanol–water partition coefficient (Wildman–Crippen LogP) is 2.69. The topological polar surface area (TPSA) is 55.1 Å². The minimum absolute atomic E-state index is 0. The van der Waals surface area contributed by atoms with Gasteiger partial charge in [-0.05, 0) is 37.5 Å². The molecule has 1 aromatic carbocycles. The Morgan fingerprint density at radius 2 is 2.11 bits per heavy atom. The number of nitrogens with one attached hydrogen (secondary N) is 1. The van der Waals surface area contributed by atoms with Gasteiger partial charge in [-0.1, -0.05) is 25.5 Å². The number of halogens is 2. The Morgan fingerprint density at radius 3 is 2.63 bits per heavy atom. The predicted molar refractivity (Wildman–Crippen MR) is 77.7 cm³/mol. The van der Waals surface area contributed by atoms with Crippen molar-refractivity contribution in [2.75, 3.05) is 0 Å². The highest BCUT2D eigenvalue weighted by atomic mass is 35.5. The Bertz CT molecular complexity index is 435. The molecule has 0 fully saturated rings. The number of hydrogen-bond donors (Lipinski definition) is 2. The van der Waals surface area contributed by atoms with E-state index in [4.69, 9.17) is 5.73 Å². The third-order valence-electron chi connectivity index (χ3n) is 2.96. The quantitative estimate of drug-likeness (QED) is 0.875. The molecule has 0 bridgehead atoms. The molecule has 0 saturated carbocycles. The zero-order valence-corrected chi connectivity index (χ0v) is 12.4. The molecule has 1 rings (SSSR count). The lowest BCUT2D eigenvalue weighted by Gasteiger charge is -2.22. The van der Waals surface area contributed by atoms with Gasteiger partial charge >= 0.3 is 0 Å². The molecule has 0 saturated heterocycles. The van der Waals surface area contributed by atoms with Crippen LogP contribution in [0.15, 0.2) is 18.2 Å². The SMILES string of the molecule is CCCC(C)(N)C(=O)NCc1ccc(F)c(C)c1.Cl. The summed E-state index contributed by atoms with van der Waals surface area (Å²) in [5.41, 5.74) is 6.52. The molecular weight excluding hydrogens is 267 g/mol. The maximum atomic E-state index is 13.1. The van der Waals surface area contributed by atoms with Crippen LogP contribution in [0, 0.1) is 12.7 Å². The van der Waals surface area contributed by atoms with Gasteiger partial charge in [-0.15, -0.1) is 12.4 Å². The van der Waals surface area contributed by atoms with Crippen molar-refractivity contribution in [1.29, 1.82) is 0 Å². The first-order valence-electron chi connectivity index (χ1n) is 6.19. The largest absolute Gasteiger partial charge is 0.350 e. The summed E-state index contributed by atoms with van der Waals surface area (Å²) in [5, 5.41) is 2.78. The minimum atomic E-state index is -0.843. The van der Waals surface area contributed by atoms with Gasteiger partial charge in [0.2, 0.25) is 5.91 Å². The Kier molecular flexibility index (Phi) is 7.01. The lowest BCUT2D eigenvalue weighted by molar-refractivity contribution is -0.126. The maximum Gasteiger partial charge on any atom is 0.240 e. The molecule has 0 aliphatic carbocycles. The van der Waals surface area contributed by atoms with E-state index in [0.717, 1.165) is 12.0 Å². The van der Waals surface area contributed by atoms with Gasteiger partial charge in [-0.25, -0.2) is 4.39 Å². The van der Waals surface area contributed by atoms with Crippen LogP contribution >= 0.6 is 12.4 Å². The van der Waals surface area contributed by atoms with Crippen LogP contribution in [0.4, 0.5) is 4.39 Å². The van der Waals surface area contributed by atoms with Gasteiger partial charge in [-0.2, -0.15) is 0 Å². The highest BCUT2D eigenvalue weighted by Gasteiger charge is 2.26. The van der Waals surface area contributed by atoms with Crippen molar-refractivity contribution in [2.24, 2.45) is 5.73 Å². The van der Waals surface area contributed by atoms with Gasteiger partial charge in [0.15, 0.2) is 0 Å². The number of hydrogen-bond acceptors (Lipinski definition) is 2. The summed E-state index contributed by atoms with van der Waals surface area (Å²) in [6.45, 7) is 5.78. The monoisotopic (exact) mass is 288 g/mol. The molecule has 3 N–H and O–H groups in total. The lowest BCUT2D eigenvalue weighted by Crippen LogP contribution is -2.51. The van der Waals surface area contributed by atoms with Crippen LogP contribution in [-0.2, 0) is 11.3 Å². The fraction of sp³-hybridized carbons (Fsp3) is 0.500. The molecule has 0 spiro atoms. The van der Waals surface area contributed by atoms with E-state index in [1.54, 1.807) is 26.0 Å². The number of carbonyl (C=O) groups excluding carboxylic acids is 1. The molecule has 1 aromatic rings. The van der Waals surface area contributed by atoms with Crippen LogP contribution in [0.5, 0.6) is 0 Å². The number of benzene rings is 1. The Balaban J connectivity index is 0.00000324. The van der Waals surface area contributed by atoms with E-state index in [9.17, 15) is 9.18 Å². The molecule has 1 atom stereocenters. The molecule has 0 aliphatic heterocycles. The second-order valence-corrected chi connectivity index (χ2v) is 4.93. The van der Waals surface area contributed by atoms with Gasteiger partial charge < -0.3 is 11.1 Å². The van der Waals surface area contributed by atoms with E-state index in [1.807, 2.05) is 6.92 Å². The average molecular weight is 289 g/mol. The summed E-state index contributed by atoms with van der Waals surface area (Å²) >= 11 is 0. The molecule has 0 aromatic heterocycles. The normalized spacial score (nSPS) is 13.3. The first-order valence-corrected chi connectivity index (χ1v) is 6.19. The van der Waals surface area contributed by atoms with Crippen LogP contribution in [0.1, 0.15) is 37.8 Å². The van der Waals surface area contributed by atoms with Gasteiger partial charge in [-0.3, -0.25) is 4.79 Å². The Labute approximate surface area is 120 Å². The van der Waals surface area contributed by atoms with E-state index in [1.165, 1.54) is 6.07 Å². The number of carbonyl (C=O) groups is 1. The van der Waals surface area contributed by atoms with Crippen molar-refractivity contribution in [2.45, 2.75) is 45.7 Å². The molecule has 0 radical (unpaired) electrons. The van der Waals surface area contributed by atoms with Crippen molar-refractivity contribution in [3.8, 4) is 0 Å². The second kappa shape index (κ2) is 7.46. The van der Waals surface area contributed by atoms with Gasteiger partial charge in [0, 0.05) is 6.54 Å². The summed E-state index contributed by atoms with van der Waals surface area (Å²) in [5.74, 6) is -0.411. The summed E-state index contributed by atoms with van der Waals surface area (Å²) < 4.78 is 13.1. The van der Waals surface area contributed by atoms with Crippen molar-refractivity contribution >= 4 is 18.3 Å². The van der Waals surface area contributed by atoms with E-state index < -0.39 is 5.54 Å². The van der Waals surface area contributed by atoms with Gasteiger partial charge in [0.05, 0.1) is 5.54 Å². The van der Waals surface area contributed by atoms with Gasteiger partial charge in [0.1, 0.15) is 5.82 Å². The number of aryl methyl sites for hydroxylation is 1. The molecule has 19 heavy (non-hydrogen) atoms. The van der Waals surface area contributed by atoms with Crippen LogP contribution in [-0.4, -0.2) is 11.4 Å². The van der Waals surface area contributed by atoms with Crippen LogP contribution in [0.25, 0.3) is 0 Å². The van der Waals surface area contributed by atoms with Gasteiger partial charge in [0.25, 0.3) is 0 Å². The summed E-state index contributed by atoms with van der Waals surface area (Å²) in [4.78, 5) is 11.9.